The lowest BCUT2D eigenvalue weighted by molar-refractivity contribution is -0.489. The molecule has 32 heteroatoms. The van der Waals surface area contributed by atoms with Crippen LogP contribution < -0.4 is 0 Å². The number of alkyl halides is 31. The van der Waals surface area contributed by atoms with Gasteiger partial charge < -0.3 is 0 Å². The fourth-order valence-corrected chi connectivity index (χ4v) is 3.39. The van der Waals surface area contributed by atoms with Crippen molar-refractivity contribution in [1.82, 2.24) is 0 Å². The Balaban J connectivity index is 7.62. The molecule has 0 aromatic carbocycles. The standard InChI is InChI=1S/C17H5F31S/c1-49-2-3(18,19)4(20,21)5(22,23)6(24,25)7(26,27)8(28,29)9(30,31)10(32,33)11(34,35)12(36,37)13(38,39)14(40,41)15(42,43)16(44,45)17(46,47)48/h2H2,1H3. The lowest BCUT2D eigenvalue weighted by Crippen LogP contribution is -2.79. The Kier molecular flexibility index (Phi) is 11.2. The van der Waals surface area contributed by atoms with Crippen LogP contribution in [0.25, 0.3) is 0 Å². The molecule has 0 rings (SSSR count). The van der Waals surface area contributed by atoms with E-state index in [1.54, 1.807) is 0 Å². The third kappa shape index (κ3) is 5.49. The van der Waals surface area contributed by atoms with E-state index in [2.05, 4.69) is 0 Å². The lowest BCUT2D eigenvalue weighted by Gasteiger charge is -2.46. The van der Waals surface area contributed by atoms with Gasteiger partial charge in [-0.05, 0) is 6.26 Å². The summed E-state index contributed by atoms with van der Waals surface area (Å²) in [6.45, 7) is 0. The molecule has 0 atom stereocenters. The van der Waals surface area contributed by atoms with Crippen LogP contribution in [-0.2, 0) is 0 Å². The first kappa shape index (κ1) is 47.2. The molecule has 0 radical (unpaired) electrons. The van der Waals surface area contributed by atoms with E-state index < -0.39 is 107 Å². The second kappa shape index (κ2) is 11.6. The quantitative estimate of drug-likeness (QED) is 0.148. The summed E-state index contributed by atoms with van der Waals surface area (Å²) in [6.07, 6.45) is -8.12. The van der Waals surface area contributed by atoms with E-state index in [-0.39, 0.29) is 6.26 Å². The highest BCUT2D eigenvalue weighted by atomic mass is 32.2. The number of hydrogen-bond donors (Lipinski definition) is 0. The van der Waals surface area contributed by atoms with Gasteiger partial charge in [-0.25, -0.2) is 0 Å². The summed E-state index contributed by atoms with van der Waals surface area (Å²) >= 11 is -0.781. The van der Waals surface area contributed by atoms with Gasteiger partial charge in [0, 0.05) is 0 Å². The van der Waals surface area contributed by atoms with Gasteiger partial charge >= 0.3 is 89.1 Å². The summed E-state index contributed by atoms with van der Waals surface area (Å²) in [4.78, 5) is 0. The van der Waals surface area contributed by atoms with Gasteiger partial charge in [-0.15, -0.1) is 0 Å². The Morgan fingerprint density at radius 3 is 0.531 bits per heavy atom. The maximum atomic E-state index is 13.8. The molecule has 0 amide bonds. The minimum Gasteiger partial charge on any atom is -0.199 e. The van der Waals surface area contributed by atoms with Crippen LogP contribution in [0.1, 0.15) is 0 Å². The Morgan fingerprint density at radius 2 is 0.388 bits per heavy atom. The fraction of sp³-hybridized carbons (Fsp3) is 1.00. The minimum atomic E-state index is -10.0. The zero-order valence-electron chi connectivity index (χ0n) is 21.3. The average Bonchev–Trinajstić information content (AvgIpc) is 2.86. The zero-order valence-corrected chi connectivity index (χ0v) is 22.1. The summed E-state index contributed by atoms with van der Waals surface area (Å²) in [5.74, 6) is -134. The minimum absolute atomic E-state index is 0.212. The van der Waals surface area contributed by atoms with Gasteiger partial charge in [-0.1, -0.05) is 0 Å². The van der Waals surface area contributed by atoms with Gasteiger partial charge in [0.05, 0.1) is 5.75 Å². The van der Waals surface area contributed by atoms with Crippen LogP contribution in [0.15, 0.2) is 0 Å². The van der Waals surface area contributed by atoms with E-state index in [4.69, 9.17) is 0 Å². The smallest absolute Gasteiger partial charge is 0.199 e. The lowest BCUT2D eigenvalue weighted by atomic mass is 9.83. The summed E-state index contributed by atoms with van der Waals surface area (Å²) in [5.41, 5.74) is 0. The molecule has 49 heavy (non-hydrogen) atoms. The molecular weight excluding hydrogens is 825 g/mol. The SMILES string of the molecule is CSCC(F)(F)C(F)(F)C(F)(F)C(F)(F)C(F)(F)C(F)(F)C(F)(F)C(F)(F)C(F)(F)C(F)(F)C(F)(F)C(F)(F)C(F)(F)C(F)(F)C(F)(F)F. The molecule has 0 bridgehead atoms. The molecule has 0 unspecified atom stereocenters. The third-order valence-corrected chi connectivity index (χ3v) is 6.52. The fourth-order valence-electron chi connectivity index (χ4n) is 2.85. The van der Waals surface area contributed by atoms with Crippen molar-refractivity contribution < 1.29 is 136 Å². The molecule has 0 aromatic heterocycles. The van der Waals surface area contributed by atoms with Crippen molar-refractivity contribution in [2.75, 3.05) is 12.0 Å². The van der Waals surface area contributed by atoms with E-state index in [1.807, 2.05) is 0 Å². The molecule has 0 fully saturated rings. The first-order valence-electron chi connectivity index (χ1n) is 10.4. The van der Waals surface area contributed by atoms with E-state index in [1.165, 1.54) is 0 Å². The maximum absolute atomic E-state index is 13.8. The van der Waals surface area contributed by atoms with Crippen molar-refractivity contribution in [2.45, 2.75) is 89.1 Å². The van der Waals surface area contributed by atoms with Crippen LogP contribution in [0, 0.1) is 0 Å². The van der Waals surface area contributed by atoms with E-state index >= 15 is 0 Å². The molecule has 0 aliphatic carbocycles. The molecule has 0 heterocycles. The topological polar surface area (TPSA) is 0 Å². The Labute approximate surface area is 250 Å². The highest BCUT2D eigenvalue weighted by molar-refractivity contribution is 7.98. The summed E-state index contributed by atoms with van der Waals surface area (Å²) < 4.78 is 415. The number of thioether (sulfide) groups is 1. The third-order valence-electron chi connectivity index (χ3n) is 5.87. The van der Waals surface area contributed by atoms with Crippen LogP contribution in [-0.4, -0.2) is 101 Å². The average molecular weight is 830 g/mol. The largest absolute Gasteiger partial charge is 0.460 e. The summed E-state index contributed by atoms with van der Waals surface area (Å²) in [7, 11) is 0. The number of hydrogen-bond acceptors (Lipinski definition) is 1. The second-order valence-electron chi connectivity index (χ2n) is 9.10. The van der Waals surface area contributed by atoms with Crippen LogP contribution >= 0.6 is 11.8 Å². The summed E-state index contributed by atoms with van der Waals surface area (Å²) in [6, 6.07) is 0. The van der Waals surface area contributed by atoms with E-state index in [0.29, 0.717) is 0 Å². The molecule has 0 nitrogen and oxygen atoms in total. The highest BCUT2D eigenvalue weighted by Crippen LogP contribution is 2.69. The number of halogens is 31. The summed E-state index contributed by atoms with van der Waals surface area (Å²) in [5, 5.41) is 0. The van der Waals surface area contributed by atoms with Gasteiger partial charge in [0.15, 0.2) is 0 Å². The highest BCUT2D eigenvalue weighted by Gasteiger charge is 3.01. The molecule has 0 spiro atoms. The van der Waals surface area contributed by atoms with Gasteiger partial charge in [0.25, 0.3) is 0 Å². The molecular formula is C17H5F31S. The monoisotopic (exact) mass is 830 g/mol. The predicted octanol–water partition coefficient (Wildman–Crippen LogP) is 10.8. The molecule has 296 valence electrons. The first-order valence-corrected chi connectivity index (χ1v) is 11.8. The van der Waals surface area contributed by atoms with Crippen LogP contribution in [0.3, 0.4) is 0 Å². The van der Waals surface area contributed by atoms with Crippen molar-refractivity contribution in [2.24, 2.45) is 0 Å². The molecule has 0 saturated heterocycles. The van der Waals surface area contributed by atoms with Crippen LogP contribution in [0.4, 0.5) is 136 Å². The molecule has 0 saturated carbocycles. The Hall–Kier alpha value is -1.82. The van der Waals surface area contributed by atoms with Gasteiger partial charge in [0.1, 0.15) is 0 Å². The van der Waals surface area contributed by atoms with Gasteiger partial charge in [0.2, 0.25) is 0 Å². The second-order valence-corrected chi connectivity index (χ2v) is 9.97. The van der Waals surface area contributed by atoms with E-state index in [0.717, 1.165) is 0 Å². The van der Waals surface area contributed by atoms with Crippen molar-refractivity contribution in [3.05, 3.63) is 0 Å². The molecule has 0 aliphatic heterocycles. The first-order chi connectivity index (χ1) is 20.6. The Morgan fingerprint density at radius 1 is 0.245 bits per heavy atom. The van der Waals surface area contributed by atoms with Crippen molar-refractivity contribution in [3.63, 3.8) is 0 Å². The molecule has 0 N–H and O–H groups in total. The van der Waals surface area contributed by atoms with Gasteiger partial charge in [-0.2, -0.15) is 148 Å². The predicted molar refractivity (Wildman–Crippen MR) is 93.7 cm³/mol. The maximum Gasteiger partial charge on any atom is 0.460 e. The van der Waals surface area contributed by atoms with Crippen LogP contribution in [0.5, 0.6) is 0 Å². The van der Waals surface area contributed by atoms with Crippen molar-refractivity contribution in [3.8, 4) is 0 Å². The number of rotatable bonds is 15. The Bertz CT molecular complexity index is 1190. The van der Waals surface area contributed by atoms with Crippen molar-refractivity contribution >= 4 is 11.8 Å². The molecule has 0 aromatic rings. The van der Waals surface area contributed by atoms with Crippen molar-refractivity contribution in [1.29, 1.82) is 0 Å². The molecule has 0 aliphatic rings. The van der Waals surface area contributed by atoms with E-state index in [9.17, 15) is 136 Å². The van der Waals surface area contributed by atoms with Crippen LogP contribution in [0.2, 0.25) is 0 Å². The zero-order chi connectivity index (χ0) is 40.9. The van der Waals surface area contributed by atoms with Gasteiger partial charge in [-0.3, -0.25) is 0 Å². The normalized spacial score (nSPS) is 17.1.